The number of likely N-dealkylation sites (N-methyl/N-ethyl adjacent to an activating group) is 1. The van der Waals surface area contributed by atoms with E-state index in [4.69, 9.17) is 4.74 Å². The van der Waals surface area contributed by atoms with Crippen LogP contribution in [0, 0.1) is 17.3 Å². The van der Waals surface area contributed by atoms with Crippen LogP contribution in [0.1, 0.15) is 56.1 Å². The fourth-order valence-electron chi connectivity index (χ4n) is 5.69. The second-order valence-corrected chi connectivity index (χ2v) is 8.15. The number of hydrogen-bond donors (Lipinski definition) is 1. The lowest BCUT2D eigenvalue weighted by molar-refractivity contribution is -0.129. The number of carbonyl (C=O) groups is 1. The van der Waals surface area contributed by atoms with Gasteiger partial charge in [-0.05, 0) is 80.2 Å². The molecular weight excluding hydrogens is 298 g/mol. The number of Topliss-reactive ketones (excluding diaryl/α,β-unsaturated/α-hetero) is 1. The second kappa shape index (κ2) is 6.18. The fourth-order valence-corrected chi connectivity index (χ4v) is 5.69. The second-order valence-electron chi connectivity index (χ2n) is 8.15. The van der Waals surface area contributed by atoms with Crippen LogP contribution in [0.4, 0.5) is 0 Å². The lowest BCUT2D eigenvalue weighted by Gasteiger charge is -2.48. The molecule has 3 heteroatoms. The van der Waals surface area contributed by atoms with E-state index in [-0.39, 0.29) is 5.41 Å². The number of ether oxygens (including phenoxy) is 1. The summed E-state index contributed by atoms with van der Waals surface area (Å²) in [5.74, 6) is 3.51. The van der Waals surface area contributed by atoms with Crippen molar-refractivity contribution in [3.8, 4) is 5.75 Å². The third-order valence-corrected chi connectivity index (χ3v) is 7.03. The molecule has 24 heavy (non-hydrogen) atoms. The fraction of sp³-hybridized carbons (Fsp3) is 0.667. The summed E-state index contributed by atoms with van der Waals surface area (Å²) < 4.78 is 5.84. The summed E-state index contributed by atoms with van der Waals surface area (Å²) in [5.41, 5.74) is 2.99. The van der Waals surface area contributed by atoms with Gasteiger partial charge in [0.15, 0.2) is 0 Å². The van der Waals surface area contributed by atoms with Crippen molar-refractivity contribution in [1.29, 1.82) is 0 Å². The summed E-state index contributed by atoms with van der Waals surface area (Å²) in [6.45, 7) is 3.83. The van der Waals surface area contributed by atoms with Gasteiger partial charge >= 0.3 is 0 Å². The number of ketones is 1. The topological polar surface area (TPSA) is 38.3 Å². The number of rotatable bonds is 4. The van der Waals surface area contributed by atoms with E-state index in [9.17, 15) is 4.79 Å². The first kappa shape index (κ1) is 16.1. The molecule has 0 amide bonds. The summed E-state index contributed by atoms with van der Waals surface area (Å²) in [5, 5.41) is 3.11. The van der Waals surface area contributed by atoms with Gasteiger partial charge in [0.2, 0.25) is 0 Å². The van der Waals surface area contributed by atoms with Crippen LogP contribution in [-0.2, 0) is 11.2 Å². The maximum atomic E-state index is 12.4. The largest absolute Gasteiger partial charge is 0.492 e. The Morgan fingerprint density at radius 3 is 2.96 bits per heavy atom. The van der Waals surface area contributed by atoms with Crippen LogP contribution in [0.2, 0.25) is 0 Å². The first-order valence-corrected chi connectivity index (χ1v) is 9.57. The molecule has 0 radical (unpaired) electrons. The van der Waals surface area contributed by atoms with Crippen LogP contribution in [0.25, 0.3) is 0 Å². The maximum absolute atomic E-state index is 12.4. The lowest BCUT2D eigenvalue weighted by Crippen LogP contribution is -2.42. The third kappa shape index (κ3) is 2.48. The van der Waals surface area contributed by atoms with Crippen LogP contribution in [-0.4, -0.2) is 26.0 Å². The molecule has 2 saturated carbocycles. The van der Waals surface area contributed by atoms with Gasteiger partial charge < -0.3 is 10.1 Å². The molecule has 0 aliphatic heterocycles. The minimum absolute atomic E-state index is 0.0190. The molecule has 0 aromatic heterocycles. The van der Waals surface area contributed by atoms with Crippen molar-refractivity contribution in [3.63, 3.8) is 0 Å². The van der Waals surface area contributed by atoms with E-state index in [1.165, 1.54) is 24.0 Å². The highest BCUT2D eigenvalue weighted by Crippen LogP contribution is 2.59. The average molecular weight is 327 g/mol. The minimum atomic E-state index is -0.0190. The van der Waals surface area contributed by atoms with Crippen molar-refractivity contribution in [2.24, 2.45) is 17.3 Å². The van der Waals surface area contributed by atoms with Crippen molar-refractivity contribution < 1.29 is 9.53 Å². The van der Waals surface area contributed by atoms with Crippen molar-refractivity contribution >= 4 is 5.78 Å². The van der Waals surface area contributed by atoms with Gasteiger partial charge in [0.25, 0.3) is 0 Å². The van der Waals surface area contributed by atoms with Crippen molar-refractivity contribution in [1.82, 2.24) is 5.32 Å². The van der Waals surface area contributed by atoms with E-state index in [1.807, 2.05) is 7.05 Å². The van der Waals surface area contributed by atoms with E-state index in [1.54, 1.807) is 0 Å². The number of nitrogens with one attached hydrogen (secondary N) is 1. The average Bonchev–Trinajstić information content (AvgIpc) is 2.90. The van der Waals surface area contributed by atoms with Crippen LogP contribution < -0.4 is 10.1 Å². The summed E-state index contributed by atoms with van der Waals surface area (Å²) in [6, 6.07) is 6.71. The smallest absolute Gasteiger partial charge is 0.139 e. The molecule has 4 unspecified atom stereocenters. The number of carbonyl (C=O) groups excluding carboxylic acids is 1. The van der Waals surface area contributed by atoms with Gasteiger partial charge in [-0.25, -0.2) is 0 Å². The molecule has 1 aromatic carbocycles. The molecule has 130 valence electrons. The van der Waals surface area contributed by atoms with Gasteiger partial charge in [0.1, 0.15) is 18.1 Å². The van der Waals surface area contributed by atoms with Crippen LogP contribution in [0.15, 0.2) is 18.2 Å². The molecule has 4 rings (SSSR count). The predicted octanol–water partition coefficient (Wildman–Crippen LogP) is 3.71. The summed E-state index contributed by atoms with van der Waals surface area (Å²) in [4.78, 5) is 12.4. The Bertz CT molecular complexity index is 641. The number of aryl methyl sites for hydroxylation is 1. The Kier molecular flexibility index (Phi) is 4.16. The molecule has 1 aromatic rings. The number of benzene rings is 1. The highest BCUT2D eigenvalue weighted by Gasteiger charge is 2.54. The lowest BCUT2D eigenvalue weighted by atomic mass is 9.55. The Balaban J connectivity index is 1.56. The summed E-state index contributed by atoms with van der Waals surface area (Å²) in [6.07, 6.45) is 6.58. The monoisotopic (exact) mass is 327 g/mol. The molecule has 0 saturated heterocycles. The Hall–Kier alpha value is -1.35. The highest BCUT2D eigenvalue weighted by atomic mass is 16.5. The van der Waals surface area contributed by atoms with Crippen molar-refractivity contribution in [2.45, 2.75) is 51.4 Å². The van der Waals surface area contributed by atoms with Crippen LogP contribution in [0.5, 0.6) is 5.75 Å². The summed E-state index contributed by atoms with van der Waals surface area (Å²) >= 11 is 0. The molecule has 0 bridgehead atoms. The van der Waals surface area contributed by atoms with Gasteiger partial charge in [-0.2, -0.15) is 0 Å². The van der Waals surface area contributed by atoms with Gasteiger partial charge in [-0.1, -0.05) is 13.0 Å². The first-order valence-electron chi connectivity index (χ1n) is 9.57. The normalized spacial score (nSPS) is 34.4. The van der Waals surface area contributed by atoms with E-state index < -0.39 is 0 Å². The quantitative estimate of drug-likeness (QED) is 0.857. The van der Waals surface area contributed by atoms with Crippen molar-refractivity contribution in [2.75, 3.05) is 20.2 Å². The molecule has 0 heterocycles. The van der Waals surface area contributed by atoms with E-state index >= 15 is 0 Å². The zero-order chi connectivity index (χ0) is 16.7. The van der Waals surface area contributed by atoms with Gasteiger partial charge in [0.05, 0.1) is 0 Å². The standard InChI is InChI=1S/C21H29NO2/c1-21-10-9-17-16-6-4-15(24-12-11-22-2)13-14(16)3-5-18(17)19(21)7-8-20(21)23/h4,6,13,17-19,22H,3,5,7-12H2,1-2H3. The van der Waals surface area contributed by atoms with Crippen LogP contribution >= 0.6 is 0 Å². The molecule has 1 N–H and O–H groups in total. The number of fused-ring (bicyclic) bond motifs is 5. The predicted molar refractivity (Wildman–Crippen MR) is 95.5 cm³/mol. The summed E-state index contributed by atoms with van der Waals surface area (Å²) in [7, 11) is 1.95. The molecule has 2 fully saturated rings. The third-order valence-electron chi connectivity index (χ3n) is 7.03. The van der Waals surface area contributed by atoms with E-state index in [0.29, 0.717) is 30.1 Å². The van der Waals surface area contributed by atoms with Gasteiger partial charge in [0, 0.05) is 18.4 Å². The molecule has 4 atom stereocenters. The van der Waals surface area contributed by atoms with Crippen molar-refractivity contribution in [3.05, 3.63) is 29.3 Å². The molecule has 3 aliphatic carbocycles. The molecular formula is C21H29NO2. The van der Waals surface area contributed by atoms with Gasteiger partial charge in [-0.15, -0.1) is 0 Å². The molecule has 3 aliphatic rings. The molecule has 3 nitrogen and oxygen atoms in total. The SMILES string of the molecule is CNCCOc1ccc2c(c1)CCC1C2CCC2(C)C(=O)CCC12. The highest BCUT2D eigenvalue weighted by molar-refractivity contribution is 5.87. The van der Waals surface area contributed by atoms with E-state index in [0.717, 1.165) is 38.0 Å². The Morgan fingerprint density at radius 1 is 1.25 bits per heavy atom. The molecule has 0 spiro atoms. The van der Waals surface area contributed by atoms with Gasteiger partial charge in [-0.3, -0.25) is 4.79 Å². The minimum Gasteiger partial charge on any atom is -0.492 e. The van der Waals surface area contributed by atoms with E-state index in [2.05, 4.69) is 30.4 Å². The first-order chi connectivity index (χ1) is 11.6. The zero-order valence-electron chi connectivity index (χ0n) is 14.9. The zero-order valence-corrected chi connectivity index (χ0v) is 14.9. The Morgan fingerprint density at radius 2 is 2.12 bits per heavy atom. The maximum Gasteiger partial charge on any atom is 0.139 e. The van der Waals surface area contributed by atoms with Crippen LogP contribution in [0.3, 0.4) is 0 Å². The Labute approximate surface area is 145 Å². The number of hydrogen-bond acceptors (Lipinski definition) is 3.